The normalized spacial score (nSPS) is 11.4. The maximum atomic E-state index is 12.5. The van der Waals surface area contributed by atoms with Crippen LogP contribution in [0.1, 0.15) is 18.4 Å². The third-order valence-electron chi connectivity index (χ3n) is 5.08. The van der Waals surface area contributed by atoms with E-state index in [-0.39, 0.29) is 17.0 Å². The van der Waals surface area contributed by atoms with Crippen LogP contribution in [0.25, 0.3) is 16.9 Å². The highest BCUT2D eigenvalue weighted by atomic mass is 79.9. The molecule has 0 atom stereocenters. The van der Waals surface area contributed by atoms with Gasteiger partial charge in [-0.05, 0) is 47.0 Å². The molecule has 4 aromatic rings. The molecule has 0 aliphatic heterocycles. The number of nitriles is 1. The van der Waals surface area contributed by atoms with Gasteiger partial charge < -0.3 is 5.32 Å². The molecule has 0 aliphatic carbocycles. The van der Waals surface area contributed by atoms with Gasteiger partial charge in [-0.3, -0.25) is 0 Å². The predicted octanol–water partition coefficient (Wildman–Crippen LogP) is 4.85. The van der Waals surface area contributed by atoms with Crippen molar-refractivity contribution in [2.45, 2.75) is 17.7 Å². The lowest BCUT2D eigenvalue weighted by Gasteiger charge is -2.12. The van der Waals surface area contributed by atoms with Gasteiger partial charge in [0, 0.05) is 29.7 Å². The Balaban J connectivity index is 1.40. The number of unbranched alkanes of at least 4 members (excludes halogenated alkanes) is 1. The second kappa shape index (κ2) is 10.5. The van der Waals surface area contributed by atoms with E-state index in [1.165, 1.54) is 12.1 Å². The summed E-state index contributed by atoms with van der Waals surface area (Å²) in [4.78, 5) is 4.68. The summed E-state index contributed by atoms with van der Waals surface area (Å²) < 4.78 is 30.0. The first-order valence-electron chi connectivity index (χ1n) is 10.4. The van der Waals surface area contributed by atoms with Crippen molar-refractivity contribution in [1.82, 2.24) is 19.3 Å². The van der Waals surface area contributed by atoms with Gasteiger partial charge in [0.25, 0.3) is 0 Å². The summed E-state index contributed by atoms with van der Waals surface area (Å²) in [6.45, 7) is 0.850. The average molecular weight is 560 g/mol. The molecule has 0 unspecified atom stereocenters. The summed E-state index contributed by atoms with van der Waals surface area (Å²) in [5.41, 5.74) is 2.31. The summed E-state index contributed by atoms with van der Waals surface area (Å²) in [5.74, 6) is 0.745. The van der Waals surface area contributed by atoms with Crippen LogP contribution in [0.2, 0.25) is 5.02 Å². The summed E-state index contributed by atoms with van der Waals surface area (Å²) in [7, 11) is -3.74. The number of anilines is 1. The first-order valence-corrected chi connectivity index (χ1v) is 13.1. The molecule has 8 nitrogen and oxygen atoms in total. The zero-order valence-electron chi connectivity index (χ0n) is 17.9. The van der Waals surface area contributed by atoms with E-state index in [0.717, 1.165) is 15.9 Å². The number of benzene rings is 2. The van der Waals surface area contributed by atoms with Gasteiger partial charge in [0.1, 0.15) is 11.9 Å². The van der Waals surface area contributed by atoms with E-state index >= 15 is 0 Å². The minimum absolute atomic E-state index is 0.00818. The summed E-state index contributed by atoms with van der Waals surface area (Å²) in [6.07, 6.45) is 2.99. The molecule has 11 heteroatoms. The Hall–Kier alpha value is -2.97. The lowest BCUT2D eigenvalue weighted by atomic mass is 10.1. The number of halogens is 2. The van der Waals surface area contributed by atoms with Crippen LogP contribution in [0.3, 0.4) is 0 Å². The third-order valence-corrected chi connectivity index (χ3v) is 7.49. The van der Waals surface area contributed by atoms with Crippen molar-refractivity contribution < 1.29 is 8.42 Å². The topological polar surface area (TPSA) is 112 Å². The van der Waals surface area contributed by atoms with E-state index in [1.54, 1.807) is 22.8 Å². The van der Waals surface area contributed by atoms with E-state index in [4.69, 9.17) is 16.9 Å². The fourth-order valence-electron chi connectivity index (χ4n) is 3.41. The molecule has 2 aromatic heterocycles. The highest BCUT2D eigenvalue weighted by Gasteiger charge is 2.17. The molecule has 2 N–H and O–H groups in total. The summed E-state index contributed by atoms with van der Waals surface area (Å²) in [5, 5.41) is 17.5. The molecule has 2 aromatic carbocycles. The van der Waals surface area contributed by atoms with Gasteiger partial charge >= 0.3 is 0 Å². The van der Waals surface area contributed by atoms with Crippen LogP contribution in [0.4, 0.5) is 5.82 Å². The Morgan fingerprint density at radius 2 is 1.82 bits per heavy atom. The minimum Gasteiger partial charge on any atom is -0.370 e. The minimum atomic E-state index is -3.74. The molecule has 0 saturated heterocycles. The summed E-state index contributed by atoms with van der Waals surface area (Å²) >= 11 is 9.85. The molecule has 0 radical (unpaired) electrons. The predicted molar refractivity (Wildman–Crippen MR) is 135 cm³/mol. The van der Waals surface area contributed by atoms with E-state index in [1.807, 2.05) is 36.4 Å². The van der Waals surface area contributed by atoms with E-state index in [2.05, 4.69) is 36.1 Å². The quantitative estimate of drug-likeness (QED) is 0.283. The number of sulfonamides is 1. The molecule has 0 saturated carbocycles. The lowest BCUT2D eigenvalue weighted by Crippen LogP contribution is -2.26. The number of fused-ring (bicyclic) bond motifs is 1. The van der Waals surface area contributed by atoms with Gasteiger partial charge in [0.2, 0.25) is 10.0 Å². The van der Waals surface area contributed by atoms with Crippen LogP contribution >= 0.6 is 27.5 Å². The van der Waals surface area contributed by atoms with Crippen molar-refractivity contribution in [3.05, 3.63) is 75.9 Å². The second-order valence-electron chi connectivity index (χ2n) is 7.37. The Morgan fingerprint density at radius 1 is 1.09 bits per heavy atom. The van der Waals surface area contributed by atoms with Crippen molar-refractivity contribution in [1.29, 1.82) is 5.26 Å². The second-order valence-corrected chi connectivity index (χ2v) is 10.4. The molecule has 34 heavy (non-hydrogen) atoms. The van der Waals surface area contributed by atoms with Crippen LogP contribution < -0.4 is 10.0 Å². The molecule has 4 rings (SSSR count). The van der Waals surface area contributed by atoms with Crippen LogP contribution in [-0.2, 0) is 10.0 Å². The molecule has 0 spiro atoms. The average Bonchev–Trinajstić information content (AvgIpc) is 3.22. The first-order chi connectivity index (χ1) is 16.4. The van der Waals surface area contributed by atoms with Gasteiger partial charge in [-0.15, -0.1) is 0 Å². The molecule has 0 fully saturated rings. The molecule has 0 aliphatic rings. The number of aromatic nitrogens is 3. The smallest absolute Gasteiger partial charge is 0.241 e. The monoisotopic (exact) mass is 558 g/mol. The fourth-order valence-corrected chi connectivity index (χ4v) is 5.22. The highest BCUT2D eigenvalue weighted by molar-refractivity contribution is 9.10. The summed E-state index contributed by atoms with van der Waals surface area (Å²) in [6, 6.07) is 17.4. The van der Waals surface area contributed by atoms with Gasteiger partial charge in [-0.25, -0.2) is 18.1 Å². The first kappa shape index (κ1) is 24.2. The standard InChI is InChI=1S/C23H20BrClN6O2S/c24-18-15-28-31-22(13-20(30-23(18)31)17-8-2-3-9-19(17)25)27-11-5-6-12-29-34(32,33)21-10-4-1-7-16(21)14-26/h1-4,7-10,13,15,27,29H,5-6,11-12H2. The van der Waals surface area contributed by atoms with Gasteiger partial charge in [-0.1, -0.05) is 41.9 Å². The van der Waals surface area contributed by atoms with Crippen molar-refractivity contribution in [2.24, 2.45) is 0 Å². The molecule has 174 valence electrons. The van der Waals surface area contributed by atoms with E-state index in [9.17, 15) is 8.42 Å². The lowest BCUT2D eigenvalue weighted by molar-refractivity contribution is 0.577. The zero-order valence-corrected chi connectivity index (χ0v) is 21.0. The highest BCUT2D eigenvalue weighted by Crippen LogP contribution is 2.30. The van der Waals surface area contributed by atoms with Crippen LogP contribution in [-0.4, -0.2) is 36.1 Å². The maximum absolute atomic E-state index is 12.5. The van der Waals surface area contributed by atoms with Crippen molar-refractivity contribution in [3.8, 4) is 17.3 Å². The van der Waals surface area contributed by atoms with Gasteiger partial charge in [0.15, 0.2) is 5.65 Å². The van der Waals surface area contributed by atoms with Crippen LogP contribution in [0.15, 0.2) is 70.2 Å². The Kier molecular flexibility index (Phi) is 7.48. The van der Waals surface area contributed by atoms with Gasteiger partial charge in [-0.2, -0.15) is 14.9 Å². The zero-order chi connectivity index (χ0) is 24.1. The number of rotatable bonds is 9. The third kappa shape index (κ3) is 5.23. The molecular formula is C23H20BrClN6O2S. The largest absolute Gasteiger partial charge is 0.370 e. The van der Waals surface area contributed by atoms with E-state index in [0.29, 0.717) is 35.8 Å². The Morgan fingerprint density at radius 3 is 2.62 bits per heavy atom. The van der Waals surface area contributed by atoms with Crippen molar-refractivity contribution in [2.75, 3.05) is 18.4 Å². The van der Waals surface area contributed by atoms with Gasteiger partial charge in [0.05, 0.1) is 26.8 Å². The molecule has 2 heterocycles. The number of hydrogen-bond donors (Lipinski definition) is 2. The molecular weight excluding hydrogens is 540 g/mol. The van der Waals surface area contributed by atoms with Crippen LogP contribution in [0, 0.1) is 11.3 Å². The van der Waals surface area contributed by atoms with Crippen molar-refractivity contribution >= 4 is 49.0 Å². The van der Waals surface area contributed by atoms with Crippen LogP contribution in [0.5, 0.6) is 0 Å². The SMILES string of the molecule is N#Cc1ccccc1S(=O)(=O)NCCCCNc1cc(-c2ccccc2Cl)nc2c(Br)cnn12. The Labute approximate surface area is 210 Å². The van der Waals surface area contributed by atoms with E-state index < -0.39 is 10.0 Å². The number of hydrogen-bond acceptors (Lipinski definition) is 6. The fraction of sp³-hybridized carbons (Fsp3) is 0.174. The Bertz CT molecular complexity index is 1480. The molecule has 0 amide bonds. The molecule has 0 bridgehead atoms. The maximum Gasteiger partial charge on any atom is 0.241 e. The number of nitrogens with zero attached hydrogens (tertiary/aromatic N) is 4. The van der Waals surface area contributed by atoms with Crippen molar-refractivity contribution in [3.63, 3.8) is 0 Å². The number of nitrogens with one attached hydrogen (secondary N) is 2.